The molecule has 1 aromatic carbocycles. The smallest absolute Gasteiger partial charge is 0.310 e. The van der Waals surface area contributed by atoms with Crippen LogP contribution in [0.15, 0.2) is 18.2 Å². The molecular formula is C13H14O6. The quantitative estimate of drug-likeness (QED) is 0.611. The van der Waals surface area contributed by atoms with Crippen LogP contribution in [0.1, 0.15) is 27.2 Å². The van der Waals surface area contributed by atoms with Crippen LogP contribution in [0, 0.1) is 0 Å². The van der Waals surface area contributed by atoms with Crippen molar-refractivity contribution in [3.63, 3.8) is 0 Å². The standard InChI is InChI=1S/C13H14O6/c1-4-13(16)19-10-5-6-11(17-8(2)14)12(7-10)18-9(3)15/h5-7H,4H2,1-3H3. The lowest BCUT2D eigenvalue weighted by molar-refractivity contribution is -0.135. The molecule has 0 aromatic heterocycles. The molecule has 0 heterocycles. The van der Waals surface area contributed by atoms with E-state index in [0.717, 1.165) is 0 Å². The molecular weight excluding hydrogens is 252 g/mol. The molecule has 19 heavy (non-hydrogen) atoms. The van der Waals surface area contributed by atoms with E-state index in [0.29, 0.717) is 0 Å². The molecule has 0 aliphatic carbocycles. The van der Waals surface area contributed by atoms with E-state index in [9.17, 15) is 14.4 Å². The van der Waals surface area contributed by atoms with Crippen molar-refractivity contribution in [2.24, 2.45) is 0 Å². The summed E-state index contributed by atoms with van der Waals surface area (Å²) in [4.78, 5) is 33.0. The van der Waals surface area contributed by atoms with Gasteiger partial charge in [0.05, 0.1) is 0 Å². The first-order valence-electron chi connectivity index (χ1n) is 5.64. The third-order valence-corrected chi connectivity index (χ3v) is 1.94. The molecule has 0 fully saturated rings. The molecule has 0 saturated carbocycles. The summed E-state index contributed by atoms with van der Waals surface area (Å²) in [6.45, 7) is 4.09. The van der Waals surface area contributed by atoms with Crippen molar-refractivity contribution in [2.75, 3.05) is 0 Å². The highest BCUT2D eigenvalue weighted by Crippen LogP contribution is 2.32. The molecule has 1 aromatic rings. The minimum Gasteiger partial charge on any atom is -0.426 e. The fraction of sp³-hybridized carbons (Fsp3) is 0.308. The van der Waals surface area contributed by atoms with Crippen LogP contribution in [0.25, 0.3) is 0 Å². The number of ether oxygens (including phenoxy) is 3. The molecule has 6 heteroatoms. The van der Waals surface area contributed by atoms with Crippen molar-refractivity contribution in [1.29, 1.82) is 0 Å². The Morgan fingerprint density at radius 3 is 2.05 bits per heavy atom. The van der Waals surface area contributed by atoms with E-state index in [1.807, 2.05) is 0 Å². The largest absolute Gasteiger partial charge is 0.426 e. The molecule has 0 atom stereocenters. The SMILES string of the molecule is CCC(=O)Oc1ccc(OC(C)=O)c(OC(C)=O)c1. The van der Waals surface area contributed by atoms with Crippen molar-refractivity contribution in [2.45, 2.75) is 27.2 Å². The van der Waals surface area contributed by atoms with Gasteiger partial charge in [0.25, 0.3) is 0 Å². The Morgan fingerprint density at radius 2 is 1.53 bits per heavy atom. The molecule has 0 bridgehead atoms. The second kappa shape index (κ2) is 6.53. The maximum Gasteiger partial charge on any atom is 0.310 e. The van der Waals surface area contributed by atoms with Crippen molar-refractivity contribution in [3.8, 4) is 17.2 Å². The normalized spacial score (nSPS) is 9.63. The van der Waals surface area contributed by atoms with E-state index >= 15 is 0 Å². The summed E-state index contributed by atoms with van der Waals surface area (Å²) >= 11 is 0. The molecule has 0 saturated heterocycles. The zero-order valence-electron chi connectivity index (χ0n) is 10.9. The Kier molecular flexibility index (Phi) is 5.05. The molecule has 1 rings (SSSR count). The average molecular weight is 266 g/mol. The predicted molar refractivity (Wildman–Crippen MR) is 65.0 cm³/mol. The molecule has 0 aliphatic heterocycles. The highest BCUT2D eigenvalue weighted by molar-refractivity contribution is 5.75. The molecule has 102 valence electrons. The van der Waals surface area contributed by atoms with Gasteiger partial charge in [0, 0.05) is 26.3 Å². The minimum atomic E-state index is -0.577. The van der Waals surface area contributed by atoms with Gasteiger partial charge in [-0.2, -0.15) is 0 Å². The third kappa shape index (κ3) is 4.79. The second-order valence-corrected chi connectivity index (χ2v) is 3.62. The van der Waals surface area contributed by atoms with Gasteiger partial charge in [-0.1, -0.05) is 6.92 Å². The first kappa shape index (κ1) is 14.7. The van der Waals surface area contributed by atoms with Gasteiger partial charge in [-0.05, 0) is 12.1 Å². The molecule has 0 amide bonds. The summed E-state index contributed by atoms with van der Waals surface area (Å²) in [7, 11) is 0. The number of hydrogen-bond donors (Lipinski definition) is 0. The van der Waals surface area contributed by atoms with Crippen molar-refractivity contribution in [1.82, 2.24) is 0 Å². The van der Waals surface area contributed by atoms with Crippen LogP contribution in [0.3, 0.4) is 0 Å². The fourth-order valence-electron chi connectivity index (χ4n) is 1.23. The summed E-state index contributed by atoms with van der Waals surface area (Å²) in [5.74, 6) is -1.24. The lowest BCUT2D eigenvalue weighted by Crippen LogP contribution is -2.09. The van der Waals surface area contributed by atoms with Crippen LogP contribution in [-0.2, 0) is 14.4 Å². The number of carbonyl (C=O) groups excluding carboxylic acids is 3. The first-order valence-corrected chi connectivity index (χ1v) is 5.64. The van der Waals surface area contributed by atoms with Crippen LogP contribution in [0.4, 0.5) is 0 Å². The lowest BCUT2D eigenvalue weighted by atomic mass is 10.3. The van der Waals surface area contributed by atoms with Crippen LogP contribution < -0.4 is 14.2 Å². The van der Waals surface area contributed by atoms with E-state index in [2.05, 4.69) is 0 Å². The Bertz CT molecular complexity index is 506. The summed E-state index contributed by atoms with van der Waals surface area (Å²) in [5.41, 5.74) is 0. The lowest BCUT2D eigenvalue weighted by Gasteiger charge is -2.10. The van der Waals surface area contributed by atoms with Gasteiger partial charge < -0.3 is 14.2 Å². The van der Waals surface area contributed by atoms with E-state index in [4.69, 9.17) is 14.2 Å². The zero-order valence-corrected chi connectivity index (χ0v) is 10.9. The van der Waals surface area contributed by atoms with Gasteiger partial charge in [-0.15, -0.1) is 0 Å². The number of hydrogen-bond acceptors (Lipinski definition) is 6. The van der Waals surface area contributed by atoms with Crippen LogP contribution >= 0.6 is 0 Å². The molecule has 0 spiro atoms. The molecule has 0 aliphatic rings. The predicted octanol–water partition coefficient (Wildman–Crippen LogP) is 1.85. The summed E-state index contributed by atoms with van der Waals surface area (Å²) < 4.78 is 14.7. The molecule has 6 nitrogen and oxygen atoms in total. The average Bonchev–Trinajstić information content (AvgIpc) is 2.31. The van der Waals surface area contributed by atoms with Gasteiger partial charge in [0.15, 0.2) is 11.5 Å². The topological polar surface area (TPSA) is 78.9 Å². The van der Waals surface area contributed by atoms with E-state index in [1.54, 1.807) is 6.92 Å². The van der Waals surface area contributed by atoms with E-state index < -0.39 is 17.9 Å². The van der Waals surface area contributed by atoms with Crippen LogP contribution in [0.2, 0.25) is 0 Å². The number of benzene rings is 1. The number of rotatable bonds is 4. The third-order valence-electron chi connectivity index (χ3n) is 1.94. The second-order valence-electron chi connectivity index (χ2n) is 3.62. The Labute approximate surface area is 110 Å². The zero-order chi connectivity index (χ0) is 14.4. The number of esters is 3. The minimum absolute atomic E-state index is 0.0177. The van der Waals surface area contributed by atoms with Crippen molar-refractivity contribution in [3.05, 3.63) is 18.2 Å². The number of carbonyl (C=O) groups is 3. The van der Waals surface area contributed by atoms with Crippen LogP contribution in [0.5, 0.6) is 17.2 Å². The maximum atomic E-state index is 11.2. The summed E-state index contributed by atoms with van der Waals surface area (Å²) in [6.07, 6.45) is 0.217. The van der Waals surface area contributed by atoms with Gasteiger partial charge in [0.2, 0.25) is 0 Å². The van der Waals surface area contributed by atoms with E-state index in [-0.39, 0.29) is 23.7 Å². The molecule has 0 radical (unpaired) electrons. The monoisotopic (exact) mass is 266 g/mol. The van der Waals surface area contributed by atoms with Crippen molar-refractivity contribution >= 4 is 17.9 Å². The van der Waals surface area contributed by atoms with Gasteiger partial charge in [-0.25, -0.2) is 0 Å². The summed E-state index contributed by atoms with van der Waals surface area (Å²) in [5, 5.41) is 0. The van der Waals surface area contributed by atoms with Crippen LogP contribution in [-0.4, -0.2) is 17.9 Å². The van der Waals surface area contributed by atoms with Gasteiger partial charge in [0.1, 0.15) is 5.75 Å². The Balaban J connectivity index is 3.03. The van der Waals surface area contributed by atoms with Crippen molar-refractivity contribution < 1.29 is 28.6 Å². The first-order chi connectivity index (χ1) is 8.92. The van der Waals surface area contributed by atoms with E-state index in [1.165, 1.54) is 32.0 Å². The molecule has 0 N–H and O–H groups in total. The van der Waals surface area contributed by atoms with Gasteiger partial charge >= 0.3 is 17.9 Å². The van der Waals surface area contributed by atoms with Gasteiger partial charge in [-0.3, -0.25) is 14.4 Å². The Hall–Kier alpha value is -2.37. The highest BCUT2D eigenvalue weighted by Gasteiger charge is 2.13. The highest BCUT2D eigenvalue weighted by atomic mass is 16.6. The Morgan fingerprint density at radius 1 is 0.947 bits per heavy atom. The maximum absolute atomic E-state index is 11.2. The fourth-order valence-corrected chi connectivity index (χ4v) is 1.23. The summed E-state index contributed by atoms with van der Waals surface area (Å²) in [6, 6.07) is 4.14. The molecule has 0 unspecified atom stereocenters.